The Morgan fingerprint density at radius 2 is 2.00 bits per heavy atom. The maximum atomic E-state index is 12.7. The number of carbonyl (C=O) groups excluding carboxylic acids is 1. The van der Waals surface area contributed by atoms with Crippen molar-refractivity contribution in [3.05, 3.63) is 29.6 Å². The van der Waals surface area contributed by atoms with Crippen LogP contribution in [-0.2, 0) is 4.79 Å². The number of hydrogen-bond acceptors (Lipinski definition) is 4. The number of nitrogens with zero attached hydrogens (tertiary/aromatic N) is 1. The molecule has 1 rings (SSSR count). The number of benzene rings is 1. The lowest BCUT2D eigenvalue weighted by Crippen LogP contribution is -2.30. The van der Waals surface area contributed by atoms with E-state index in [1.54, 1.807) is 6.92 Å². The fourth-order valence-corrected chi connectivity index (χ4v) is 0.770. The second-order valence-corrected chi connectivity index (χ2v) is 2.70. The highest BCUT2D eigenvalue weighted by Gasteiger charge is 2.11. The molecule has 0 saturated carbocycles. The monoisotopic (exact) mass is 211 g/mol. The van der Waals surface area contributed by atoms with Gasteiger partial charge in [-0.1, -0.05) is 12.1 Å². The van der Waals surface area contributed by atoms with E-state index in [4.69, 9.17) is 14.8 Å². The van der Waals surface area contributed by atoms with E-state index in [1.807, 2.05) is 0 Å². The first-order valence-electron chi connectivity index (χ1n) is 4.11. The Kier molecular flexibility index (Phi) is 6.21. The molecule has 0 amide bonds. The zero-order chi connectivity index (χ0) is 11.8. The van der Waals surface area contributed by atoms with Gasteiger partial charge in [0.1, 0.15) is 5.82 Å². The van der Waals surface area contributed by atoms with E-state index in [9.17, 15) is 4.39 Å². The first-order valence-corrected chi connectivity index (χ1v) is 4.11. The Balaban J connectivity index is 0.000000423. The number of halogens is 1. The molecule has 0 atom stereocenters. The van der Waals surface area contributed by atoms with Crippen molar-refractivity contribution in [2.75, 3.05) is 7.05 Å². The molecule has 6 heteroatoms. The zero-order valence-electron chi connectivity index (χ0n) is 8.44. The highest BCUT2D eigenvalue weighted by molar-refractivity contribution is 6.58. The van der Waals surface area contributed by atoms with Gasteiger partial charge in [-0.2, -0.15) is 0 Å². The minimum atomic E-state index is -1.59. The number of isocyanates is 1. The first kappa shape index (κ1) is 13.5. The summed E-state index contributed by atoms with van der Waals surface area (Å²) in [4.78, 5) is 11.8. The van der Waals surface area contributed by atoms with Crippen LogP contribution in [-0.4, -0.2) is 30.3 Å². The second kappa shape index (κ2) is 6.89. The van der Waals surface area contributed by atoms with Gasteiger partial charge in [0.15, 0.2) is 0 Å². The van der Waals surface area contributed by atoms with Crippen LogP contribution in [0.4, 0.5) is 4.39 Å². The number of rotatable bonds is 1. The minimum absolute atomic E-state index is 0.174. The lowest BCUT2D eigenvalue weighted by atomic mass is 9.80. The maximum Gasteiger partial charge on any atom is 0.488 e. The van der Waals surface area contributed by atoms with E-state index >= 15 is 0 Å². The molecule has 1 aromatic rings. The molecule has 80 valence electrons. The van der Waals surface area contributed by atoms with E-state index in [0.29, 0.717) is 5.56 Å². The van der Waals surface area contributed by atoms with Crippen molar-refractivity contribution in [3.8, 4) is 0 Å². The van der Waals surface area contributed by atoms with E-state index in [0.717, 1.165) is 6.07 Å². The molecule has 0 bridgehead atoms. The average molecular weight is 211 g/mol. The molecule has 0 fully saturated rings. The van der Waals surface area contributed by atoms with Gasteiger partial charge in [0, 0.05) is 7.05 Å². The normalized spacial score (nSPS) is 8.33. The van der Waals surface area contributed by atoms with Crippen LogP contribution in [0, 0.1) is 12.7 Å². The lowest BCUT2D eigenvalue weighted by Gasteiger charge is -2.00. The molecule has 2 N–H and O–H groups in total. The van der Waals surface area contributed by atoms with Crippen molar-refractivity contribution in [1.29, 1.82) is 0 Å². The molecular weight excluding hydrogens is 200 g/mol. The van der Waals surface area contributed by atoms with E-state index in [-0.39, 0.29) is 5.46 Å². The predicted molar refractivity (Wildman–Crippen MR) is 55.0 cm³/mol. The second-order valence-electron chi connectivity index (χ2n) is 2.70. The minimum Gasteiger partial charge on any atom is -0.423 e. The summed E-state index contributed by atoms with van der Waals surface area (Å²) in [6.07, 6.45) is 1.31. The fraction of sp³-hybridized carbons (Fsp3) is 0.222. The fourth-order valence-electron chi connectivity index (χ4n) is 0.770. The summed E-state index contributed by atoms with van der Waals surface area (Å²) in [6, 6.07) is 4.09. The summed E-state index contributed by atoms with van der Waals surface area (Å²) in [7, 11) is -0.211. The van der Waals surface area contributed by atoms with Crippen molar-refractivity contribution in [1.82, 2.24) is 0 Å². The summed E-state index contributed by atoms with van der Waals surface area (Å²) in [5.41, 5.74) is 0.669. The lowest BCUT2D eigenvalue weighted by molar-refractivity contribution is 0.425. The topological polar surface area (TPSA) is 69.9 Å². The third-order valence-corrected chi connectivity index (χ3v) is 1.59. The van der Waals surface area contributed by atoms with Crippen molar-refractivity contribution < 1.29 is 19.2 Å². The Morgan fingerprint density at radius 3 is 2.33 bits per heavy atom. The van der Waals surface area contributed by atoms with Crippen molar-refractivity contribution in [2.45, 2.75) is 6.92 Å². The number of aryl methyl sites for hydroxylation is 1. The molecule has 0 spiro atoms. The van der Waals surface area contributed by atoms with Crippen molar-refractivity contribution >= 4 is 18.7 Å². The van der Waals surface area contributed by atoms with Crippen LogP contribution in [0.15, 0.2) is 23.2 Å². The van der Waals surface area contributed by atoms with Gasteiger partial charge >= 0.3 is 7.12 Å². The predicted octanol–water partition coefficient (Wildman–Crippen LogP) is -0.234. The zero-order valence-corrected chi connectivity index (χ0v) is 8.44. The van der Waals surface area contributed by atoms with Crippen LogP contribution in [0.2, 0.25) is 0 Å². The molecule has 0 saturated heterocycles. The summed E-state index contributed by atoms with van der Waals surface area (Å²) in [5.74, 6) is -0.421. The number of hydrogen-bond donors (Lipinski definition) is 2. The summed E-state index contributed by atoms with van der Waals surface area (Å²) >= 11 is 0. The van der Waals surface area contributed by atoms with Gasteiger partial charge in [-0.05, 0) is 24.0 Å². The molecule has 0 heterocycles. The standard InChI is InChI=1S/C7H8BFO2.C2H3NO/c1-5-2-3-6(8(10)11)4-7(5)9;1-3-2-4/h2-4,10-11H,1H3;1H3. The van der Waals surface area contributed by atoms with E-state index in [2.05, 4.69) is 4.99 Å². The van der Waals surface area contributed by atoms with Crippen LogP contribution >= 0.6 is 0 Å². The Labute approximate surface area is 87.2 Å². The Bertz CT molecular complexity index is 364. The van der Waals surface area contributed by atoms with Gasteiger partial charge in [-0.15, -0.1) is 0 Å². The molecule has 15 heavy (non-hydrogen) atoms. The number of aliphatic imine (C=N–C) groups is 1. The molecule has 0 aliphatic heterocycles. The van der Waals surface area contributed by atoms with Crippen molar-refractivity contribution in [3.63, 3.8) is 0 Å². The van der Waals surface area contributed by atoms with Crippen molar-refractivity contribution in [2.24, 2.45) is 4.99 Å². The summed E-state index contributed by atoms with van der Waals surface area (Å²) in [5, 5.41) is 17.3. The first-order chi connectivity index (χ1) is 7.02. The Morgan fingerprint density at radius 1 is 1.47 bits per heavy atom. The average Bonchev–Trinajstić information content (AvgIpc) is 2.22. The van der Waals surface area contributed by atoms with Gasteiger partial charge in [-0.25, -0.2) is 14.2 Å². The molecule has 4 nitrogen and oxygen atoms in total. The summed E-state index contributed by atoms with van der Waals surface area (Å²) in [6.45, 7) is 1.61. The molecule has 0 aliphatic carbocycles. The molecule has 0 aromatic heterocycles. The quantitative estimate of drug-likeness (QED) is 0.382. The van der Waals surface area contributed by atoms with E-state index in [1.165, 1.54) is 25.3 Å². The molecule has 1 aromatic carbocycles. The van der Waals surface area contributed by atoms with E-state index < -0.39 is 12.9 Å². The van der Waals surface area contributed by atoms with Gasteiger partial charge in [0.25, 0.3) is 0 Å². The molecular formula is C9H11BFNO3. The third-order valence-electron chi connectivity index (χ3n) is 1.59. The maximum absolute atomic E-state index is 12.7. The van der Waals surface area contributed by atoms with Crippen LogP contribution in [0.5, 0.6) is 0 Å². The van der Waals surface area contributed by atoms with Gasteiger partial charge in [0.2, 0.25) is 6.08 Å². The summed E-state index contributed by atoms with van der Waals surface area (Å²) < 4.78 is 12.7. The molecule has 0 radical (unpaired) electrons. The van der Waals surface area contributed by atoms with Crippen LogP contribution in [0.1, 0.15) is 5.56 Å². The molecule has 0 unspecified atom stereocenters. The third kappa shape index (κ3) is 5.07. The van der Waals surface area contributed by atoms with Crippen LogP contribution in [0.3, 0.4) is 0 Å². The van der Waals surface area contributed by atoms with Gasteiger partial charge < -0.3 is 10.0 Å². The molecule has 0 aliphatic rings. The highest BCUT2D eigenvalue weighted by Crippen LogP contribution is 2.01. The smallest absolute Gasteiger partial charge is 0.423 e. The highest BCUT2D eigenvalue weighted by atomic mass is 19.1. The van der Waals surface area contributed by atoms with Gasteiger partial charge in [-0.3, -0.25) is 0 Å². The van der Waals surface area contributed by atoms with Crippen LogP contribution in [0.25, 0.3) is 0 Å². The van der Waals surface area contributed by atoms with Crippen LogP contribution < -0.4 is 5.46 Å². The Hall–Kier alpha value is -1.49. The van der Waals surface area contributed by atoms with Gasteiger partial charge in [0.05, 0.1) is 0 Å². The SMILES string of the molecule is CN=C=O.Cc1ccc(B(O)O)cc1F. The largest absolute Gasteiger partial charge is 0.488 e.